The van der Waals surface area contributed by atoms with Crippen molar-refractivity contribution in [3.63, 3.8) is 0 Å². The van der Waals surface area contributed by atoms with E-state index in [9.17, 15) is 0 Å². The van der Waals surface area contributed by atoms with Crippen molar-refractivity contribution >= 4 is 22.2 Å². The second kappa shape index (κ2) is 6.71. The van der Waals surface area contributed by atoms with Crippen LogP contribution in [0.4, 0.5) is 5.69 Å². The molecule has 0 unspecified atom stereocenters. The predicted octanol–water partition coefficient (Wildman–Crippen LogP) is 4.76. The van der Waals surface area contributed by atoms with E-state index in [1.165, 1.54) is 33.3 Å². The van der Waals surface area contributed by atoms with Crippen molar-refractivity contribution < 1.29 is 0 Å². The SMILES string of the molecule is Cc1cc(C)c(-c2c3nc(C)cc(NCCN)c3n3ccccc23)c(C)c1. The van der Waals surface area contributed by atoms with Crippen LogP contribution < -0.4 is 11.1 Å². The molecule has 3 aromatic heterocycles. The van der Waals surface area contributed by atoms with Gasteiger partial charge in [0, 0.05) is 30.5 Å². The second-order valence-corrected chi connectivity index (χ2v) is 7.33. The maximum absolute atomic E-state index is 5.74. The predicted molar refractivity (Wildman–Crippen MR) is 115 cm³/mol. The zero-order chi connectivity index (χ0) is 19.1. The van der Waals surface area contributed by atoms with Gasteiger partial charge in [-0.2, -0.15) is 0 Å². The maximum atomic E-state index is 5.74. The Kier molecular flexibility index (Phi) is 4.36. The summed E-state index contributed by atoms with van der Waals surface area (Å²) >= 11 is 0. The van der Waals surface area contributed by atoms with Gasteiger partial charge >= 0.3 is 0 Å². The normalized spacial score (nSPS) is 11.4. The molecule has 0 aliphatic heterocycles. The van der Waals surface area contributed by atoms with Crippen LogP contribution in [0.3, 0.4) is 0 Å². The first-order valence-electron chi connectivity index (χ1n) is 9.44. The van der Waals surface area contributed by atoms with Gasteiger partial charge in [0.1, 0.15) is 0 Å². The Labute approximate surface area is 160 Å². The zero-order valence-corrected chi connectivity index (χ0v) is 16.4. The highest BCUT2D eigenvalue weighted by molar-refractivity contribution is 6.08. The molecule has 0 aliphatic rings. The highest BCUT2D eigenvalue weighted by Gasteiger charge is 2.20. The quantitative estimate of drug-likeness (QED) is 0.553. The smallest absolute Gasteiger partial charge is 0.0994 e. The third-order valence-electron chi connectivity index (χ3n) is 5.10. The van der Waals surface area contributed by atoms with E-state index in [1.54, 1.807) is 0 Å². The first-order valence-corrected chi connectivity index (χ1v) is 9.44. The first kappa shape index (κ1) is 17.6. The molecule has 0 spiro atoms. The van der Waals surface area contributed by atoms with Gasteiger partial charge in [0.15, 0.2) is 0 Å². The van der Waals surface area contributed by atoms with Gasteiger partial charge in [-0.1, -0.05) is 23.8 Å². The van der Waals surface area contributed by atoms with Crippen LogP contribution in [0.15, 0.2) is 42.6 Å². The van der Waals surface area contributed by atoms with E-state index in [-0.39, 0.29) is 0 Å². The molecule has 4 aromatic rings. The molecule has 3 heterocycles. The Morgan fingerprint density at radius 2 is 1.74 bits per heavy atom. The van der Waals surface area contributed by atoms with Gasteiger partial charge in [0.2, 0.25) is 0 Å². The molecule has 0 saturated heterocycles. The molecule has 4 rings (SSSR count). The van der Waals surface area contributed by atoms with Gasteiger partial charge in [0.25, 0.3) is 0 Å². The third kappa shape index (κ3) is 2.86. The van der Waals surface area contributed by atoms with Gasteiger partial charge in [-0.15, -0.1) is 0 Å². The molecule has 0 aliphatic carbocycles. The molecule has 0 radical (unpaired) electrons. The van der Waals surface area contributed by atoms with Crippen molar-refractivity contribution in [3.05, 3.63) is 65.0 Å². The minimum Gasteiger partial charge on any atom is -0.382 e. The Balaban J connectivity index is 2.16. The van der Waals surface area contributed by atoms with E-state index < -0.39 is 0 Å². The largest absolute Gasteiger partial charge is 0.382 e. The van der Waals surface area contributed by atoms with Gasteiger partial charge in [-0.05, 0) is 62.6 Å². The number of aryl methyl sites for hydroxylation is 4. The van der Waals surface area contributed by atoms with E-state index in [1.807, 2.05) is 6.92 Å². The third-order valence-corrected chi connectivity index (χ3v) is 5.10. The summed E-state index contributed by atoms with van der Waals surface area (Å²) in [5, 5.41) is 3.49. The van der Waals surface area contributed by atoms with Crippen LogP contribution in [-0.2, 0) is 0 Å². The molecule has 0 atom stereocenters. The summed E-state index contributed by atoms with van der Waals surface area (Å²) in [7, 11) is 0. The molecular weight excluding hydrogens is 332 g/mol. The van der Waals surface area contributed by atoms with E-state index in [0.717, 1.165) is 29.0 Å². The molecule has 0 fully saturated rings. The lowest BCUT2D eigenvalue weighted by Gasteiger charge is -2.12. The summed E-state index contributed by atoms with van der Waals surface area (Å²) in [6, 6.07) is 13.0. The minimum absolute atomic E-state index is 0.592. The molecular formula is C23H26N4. The molecule has 0 amide bonds. The minimum atomic E-state index is 0.592. The number of fused-ring (bicyclic) bond motifs is 3. The molecule has 3 N–H and O–H groups in total. The summed E-state index contributed by atoms with van der Waals surface area (Å²) in [5.41, 5.74) is 17.5. The standard InChI is InChI=1S/C23H26N4/c1-14-11-15(2)20(16(3)12-14)21-19-7-5-6-10-27(19)23-18(25-9-8-24)13-17(4)26-22(21)23/h5-7,10-13H,8-9,24H2,1-4H3,(H,25,26). The summed E-state index contributed by atoms with van der Waals surface area (Å²) in [4.78, 5) is 4.97. The first-order chi connectivity index (χ1) is 13.0. The average molecular weight is 358 g/mol. The number of hydrogen-bond acceptors (Lipinski definition) is 3. The van der Waals surface area contributed by atoms with Crippen LogP contribution in [0.1, 0.15) is 22.4 Å². The number of nitrogens with zero attached hydrogens (tertiary/aromatic N) is 2. The van der Waals surface area contributed by atoms with E-state index in [2.05, 4.69) is 73.1 Å². The number of rotatable bonds is 4. The van der Waals surface area contributed by atoms with Crippen LogP contribution >= 0.6 is 0 Å². The molecule has 138 valence electrons. The van der Waals surface area contributed by atoms with E-state index in [4.69, 9.17) is 10.7 Å². The number of hydrogen-bond donors (Lipinski definition) is 2. The Bertz CT molecular complexity index is 1130. The van der Waals surface area contributed by atoms with Crippen molar-refractivity contribution in [3.8, 4) is 11.1 Å². The highest BCUT2D eigenvalue weighted by Crippen LogP contribution is 2.40. The molecule has 4 heteroatoms. The number of benzene rings is 1. The topological polar surface area (TPSA) is 55.3 Å². The average Bonchev–Trinajstić information content (AvgIpc) is 2.93. The van der Waals surface area contributed by atoms with Crippen LogP contribution in [-0.4, -0.2) is 22.5 Å². The van der Waals surface area contributed by atoms with Gasteiger partial charge in [0.05, 0.1) is 22.2 Å². The van der Waals surface area contributed by atoms with Crippen molar-refractivity contribution in [2.24, 2.45) is 5.73 Å². The Hall–Kier alpha value is -2.85. The molecule has 27 heavy (non-hydrogen) atoms. The van der Waals surface area contributed by atoms with E-state index in [0.29, 0.717) is 6.54 Å². The lowest BCUT2D eigenvalue weighted by Crippen LogP contribution is -2.13. The monoisotopic (exact) mass is 358 g/mol. The van der Waals surface area contributed by atoms with E-state index >= 15 is 0 Å². The molecule has 0 bridgehead atoms. The second-order valence-electron chi connectivity index (χ2n) is 7.33. The number of aromatic nitrogens is 2. The fourth-order valence-electron chi connectivity index (χ4n) is 4.21. The van der Waals surface area contributed by atoms with Crippen molar-refractivity contribution in [2.75, 3.05) is 18.4 Å². The molecule has 1 aromatic carbocycles. The van der Waals surface area contributed by atoms with Gasteiger partial charge in [-0.25, -0.2) is 0 Å². The summed E-state index contributed by atoms with van der Waals surface area (Å²) in [6.07, 6.45) is 2.12. The van der Waals surface area contributed by atoms with Crippen LogP contribution in [0.2, 0.25) is 0 Å². The summed E-state index contributed by atoms with van der Waals surface area (Å²) in [6.45, 7) is 9.91. The highest BCUT2D eigenvalue weighted by atomic mass is 15.0. The van der Waals surface area contributed by atoms with Gasteiger partial charge < -0.3 is 15.5 Å². The number of nitrogens with two attached hydrogens (primary N) is 1. The fourth-order valence-corrected chi connectivity index (χ4v) is 4.21. The number of anilines is 1. The van der Waals surface area contributed by atoms with Crippen molar-refractivity contribution in [2.45, 2.75) is 27.7 Å². The lowest BCUT2D eigenvalue weighted by atomic mass is 9.93. The van der Waals surface area contributed by atoms with Crippen LogP contribution in [0.5, 0.6) is 0 Å². The summed E-state index contributed by atoms with van der Waals surface area (Å²) < 4.78 is 2.24. The molecule has 4 nitrogen and oxygen atoms in total. The Morgan fingerprint density at radius 1 is 1.00 bits per heavy atom. The van der Waals surface area contributed by atoms with Crippen LogP contribution in [0.25, 0.3) is 27.7 Å². The summed E-state index contributed by atoms with van der Waals surface area (Å²) in [5.74, 6) is 0. The molecule has 0 saturated carbocycles. The zero-order valence-electron chi connectivity index (χ0n) is 16.4. The maximum Gasteiger partial charge on any atom is 0.0994 e. The Morgan fingerprint density at radius 3 is 2.44 bits per heavy atom. The number of nitrogens with one attached hydrogen (secondary N) is 1. The number of pyridine rings is 2. The lowest BCUT2D eigenvalue weighted by molar-refractivity contribution is 1.02. The fraction of sp³-hybridized carbons (Fsp3) is 0.261. The van der Waals surface area contributed by atoms with Crippen molar-refractivity contribution in [1.29, 1.82) is 0 Å². The van der Waals surface area contributed by atoms with Gasteiger partial charge in [-0.3, -0.25) is 4.98 Å². The van der Waals surface area contributed by atoms with Crippen molar-refractivity contribution in [1.82, 2.24) is 9.38 Å². The van der Waals surface area contributed by atoms with Crippen LogP contribution in [0, 0.1) is 27.7 Å².